The Morgan fingerprint density at radius 2 is 2.27 bits per heavy atom. The van der Waals surface area contributed by atoms with Crippen LogP contribution in [0.25, 0.3) is 0 Å². The molecule has 6 nitrogen and oxygen atoms in total. The van der Waals surface area contributed by atoms with Gasteiger partial charge in [0.05, 0.1) is 6.54 Å². The summed E-state index contributed by atoms with van der Waals surface area (Å²) in [6.07, 6.45) is 0. The van der Waals surface area contributed by atoms with Crippen LogP contribution in [-0.4, -0.2) is 36.2 Å². The highest BCUT2D eigenvalue weighted by atomic mass is 16.1. The molecule has 0 aliphatic heterocycles. The van der Waals surface area contributed by atoms with Crippen molar-refractivity contribution >= 4 is 17.5 Å². The zero-order valence-electron chi connectivity index (χ0n) is 8.90. The molecule has 3 N–H and O–H groups in total. The molecule has 0 atom stereocenters. The van der Waals surface area contributed by atoms with E-state index in [-0.39, 0.29) is 12.5 Å². The van der Waals surface area contributed by atoms with Gasteiger partial charge >= 0.3 is 0 Å². The molecule has 0 aromatic carbocycles. The summed E-state index contributed by atoms with van der Waals surface area (Å²) in [7, 11) is 1.60. The Balaban J connectivity index is 2.74. The molecule has 0 aliphatic rings. The van der Waals surface area contributed by atoms with E-state index in [0.717, 1.165) is 0 Å². The first-order valence-electron chi connectivity index (χ1n) is 4.72. The van der Waals surface area contributed by atoms with Crippen LogP contribution in [0.3, 0.4) is 0 Å². The van der Waals surface area contributed by atoms with Gasteiger partial charge in [0.1, 0.15) is 5.82 Å². The number of hydrogen-bond donors (Lipinski definition) is 2. The molecule has 15 heavy (non-hydrogen) atoms. The molecule has 0 bridgehead atoms. The molecule has 6 heteroatoms. The second-order valence-electron chi connectivity index (χ2n) is 3.00. The van der Waals surface area contributed by atoms with E-state index in [2.05, 4.69) is 15.5 Å². The van der Waals surface area contributed by atoms with E-state index in [4.69, 9.17) is 5.73 Å². The minimum atomic E-state index is -0.0597. The van der Waals surface area contributed by atoms with Gasteiger partial charge in [0.25, 0.3) is 0 Å². The monoisotopic (exact) mass is 209 g/mol. The molecule has 0 saturated carbocycles. The lowest BCUT2D eigenvalue weighted by molar-refractivity contribution is -0.119. The fourth-order valence-electron chi connectivity index (χ4n) is 1.11. The van der Waals surface area contributed by atoms with Gasteiger partial charge in [-0.2, -0.15) is 0 Å². The molecule has 1 heterocycles. The lowest BCUT2D eigenvalue weighted by Gasteiger charge is -2.19. The van der Waals surface area contributed by atoms with Crippen molar-refractivity contribution in [3.05, 3.63) is 12.1 Å². The first kappa shape index (κ1) is 11.2. The summed E-state index contributed by atoms with van der Waals surface area (Å²) in [5, 5.41) is 10.2. The highest BCUT2D eigenvalue weighted by Crippen LogP contribution is 2.09. The zero-order valence-corrected chi connectivity index (χ0v) is 8.90. The summed E-state index contributed by atoms with van der Waals surface area (Å²) < 4.78 is 0. The Labute approximate surface area is 88.5 Å². The number of nitrogens with zero attached hydrogens (tertiary/aromatic N) is 3. The number of nitrogens with one attached hydrogen (secondary N) is 1. The van der Waals surface area contributed by atoms with Crippen LogP contribution in [0.15, 0.2) is 12.1 Å². The molecular weight excluding hydrogens is 194 g/mol. The van der Waals surface area contributed by atoms with Gasteiger partial charge in [-0.25, -0.2) is 0 Å². The summed E-state index contributed by atoms with van der Waals surface area (Å²) >= 11 is 0. The Kier molecular flexibility index (Phi) is 3.84. The number of amides is 1. The highest BCUT2D eigenvalue weighted by molar-refractivity contribution is 5.80. The third kappa shape index (κ3) is 3.08. The number of rotatable bonds is 4. The number of likely N-dealkylation sites (N-methyl/N-ethyl adjacent to an activating group) is 2. The molecule has 1 rings (SSSR count). The summed E-state index contributed by atoms with van der Waals surface area (Å²) in [5.41, 5.74) is 5.42. The molecule has 0 fully saturated rings. The van der Waals surface area contributed by atoms with Gasteiger partial charge in [0.2, 0.25) is 5.91 Å². The minimum Gasteiger partial charge on any atom is -0.382 e. The summed E-state index contributed by atoms with van der Waals surface area (Å²) in [6.45, 7) is 2.90. The lowest BCUT2D eigenvalue weighted by Crippen LogP contribution is -2.36. The molecule has 1 aromatic rings. The van der Waals surface area contributed by atoms with Crippen LogP contribution in [-0.2, 0) is 4.79 Å². The van der Waals surface area contributed by atoms with Crippen molar-refractivity contribution in [1.29, 1.82) is 0 Å². The molecule has 0 aliphatic carbocycles. The van der Waals surface area contributed by atoms with E-state index >= 15 is 0 Å². The Morgan fingerprint density at radius 1 is 1.53 bits per heavy atom. The van der Waals surface area contributed by atoms with Crippen LogP contribution < -0.4 is 16.0 Å². The van der Waals surface area contributed by atoms with Gasteiger partial charge < -0.3 is 16.0 Å². The van der Waals surface area contributed by atoms with Crippen molar-refractivity contribution in [2.45, 2.75) is 6.92 Å². The topological polar surface area (TPSA) is 84.1 Å². The van der Waals surface area contributed by atoms with Crippen LogP contribution in [0, 0.1) is 0 Å². The van der Waals surface area contributed by atoms with E-state index in [1.807, 2.05) is 11.8 Å². The zero-order chi connectivity index (χ0) is 11.3. The van der Waals surface area contributed by atoms with Crippen molar-refractivity contribution in [2.75, 3.05) is 30.8 Å². The Morgan fingerprint density at radius 3 is 2.73 bits per heavy atom. The van der Waals surface area contributed by atoms with Crippen molar-refractivity contribution in [1.82, 2.24) is 15.5 Å². The van der Waals surface area contributed by atoms with Gasteiger partial charge in [0, 0.05) is 13.6 Å². The number of carbonyl (C=O) groups excluding carboxylic acids is 1. The number of nitrogen functional groups attached to an aromatic ring is 1. The summed E-state index contributed by atoms with van der Waals surface area (Å²) in [4.78, 5) is 13.0. The van der Waals surface area contributed by atoms with Crippen molar-refractivity contribution in [3.63, 3.8) is 0 Å². The molecular formula is C9H15N5O. The molecule has 0 unspecified atom stereocenters. The maximum absolute atomic E-state index is 11.2. The molecule has 0 spiro atoms. The average molecular weight is 209 g/mol. The normalized spacial score (nSPS) is 9.73. The molecule has 82 valence electrons. The fourth-order valence-corrected chi connectivity index (χ4v) is 1.11. The van der Waals surface area contributed by atoms with E-state index in [0.29, 0.717) is 18.2 Å². The molecule has 1 amide bonds. The molecule has 0 radical (unpaired) electrons. The standard InChI is InChI=1S/C9H15N5O/c1-3-14(6-9(15)11-2)8-5-4-7(10)12-13-8/h4-5H,3,6H2,1-2H3,(H2,10,12)(H,11,15). The first-order chi connectivity index (χ1) is 7.17. The van der Waals surface area contributed by atoms with Gasteiger partial charge in [-0.1, -0.05) is 0 Å². The van der Waals surface area contributed by atoms with E-state index < -0.39 is 0 Å². The van der Waals surface area contributed by atoms with Crippen LogP contribution in [0.4, 0.5) is 11.6 Å². The Hall–Kier alpha value is -1.85. The maximum atomic E-state index is 11.2. The number of carbonyl (C=O) groups is 1. The van der Waals surface area contributed by atoms with Crippen molar-refractivity contribution < 1.29 is 4.79 Å². The van der Waals surface area contributed by atoms with Crippen LogP contribution in [0.2, 0.25) is 0 Å². The second kappa shape index (κ2) is 5.14. The van der Waals surface area contributed by atoms with Crippen molar-refractivity contribution in [3.8, 4) is 0 Å². The third-order valence-corrected chi connectivity index (χ3v) is 1.99. The smallest absolute Gasteiger partial charge is 0.239 e. The first-order valence-corrected chi connectivity index (χ1v) is 4.72. The fraction of sp³-hybridized carbons (Fsp3) is 0.444. The summed E-state index contributed by atoms with van der Waals surface area (Å²) in [6, 6.07) is 3.41. The molecule has 1 aromatic heterocycles. The van der Waals surface area contributed by atoms with Crippen LogP contribution in [0.5, 0.6) is 0 Å². The van der Waals surface area contributed by atoms with E-state index in [1.165, 1.54) is 0 Å². The minimum absolute atomic E-state index is 0.0597. The van der Waals surface area contributed by atoms with Gasteiger partial charge in [-0.15, -0.1) is 10.2 Å². The highest BCUT2D eigenvalue weighted by Gasteiger charge is 2.09. The van der Waals surface area contributed by atoms with Gasteiger partial charge in [-0.05, 0) is 19.1 Å². The van der Waals surface area contributed by atoms with Crippen molar-refractivity contribution in [2.24, 2.45) is 0 Å². The SMILES string of the molecule is CCN(CC(=O)NC)c1ccc(N)nn1. The quantitative estimate of drug-likeness (QED) is 0.707. The van der Waals surface area contributed by atoms with Gasteiger partial charge in [0.15, 0.2) is 5.82 Å². The summed E-state index contributed by atoms with van der Waals surface area (Å²) in [5.74, 6) is 0.959. The van der Waals surface area contributed by atoms with Crippen LogP contribution >= 0.6 is 0 Å². The third-order valence-electron chi connectivity index (χ3n) is 1.99. The maximum Gasteiger partial charge on any atom is 0.239 e. The lowest BCUT2D eigenvalue weighted by atomic mass is 10.4. The number of anilines is 2. The predicted molar refractivity (Wildman–Crippen MR) is 58.4 cm³/mol. The van der Waals surface area contributed by atoms with E-state index in [9.17, 15) is 4.79 Å². The Bertz CT molecular complexity index is 324. The number of nitrogens with two attached hydrogens (primary N) is 1. The number of aromatic nitrogens is 2. The van der Waals surface area contributed by atoms with Gasteiger partial charge in [-0.3, -0.25) is 4.79 Å². The number of hydrogen-bond acceptors (Lipinski definition) is 5. The van der Waals surface area contributed by atoms with Crippen LogP contribution in [0.1, 0.15) is 6.92 Å². The predicted octanol–water partition coefficient (Wildman–Crippen LogP) is -0.369. The largest absolute Gasteiger partial charge is 0.382 e. The molecule has 0 saturated heterocycles. The second-order valence-corrected chi connectivity index (χ2v) is 3.00. The average Bonchev–Trinajstić information content (AvgIpc) is 2.27. The van der Waals surface area contributed by atoms with E-state index in [1.54, 1.807) is 19.2 Å².